The lowest BCUT2D eigenvalue weighted by Crippen LogP contribution is -2.63. The molecule has 3 aliphatic rings. The predicted octanol–water partition coefficient (Wildman–Crippen LogP) is 0.683. The van der Waals surface area contributed by atoms with Crippen molar-refractivity contribution < 1.29 is 39.6 Å². The standard InChI is InChI=1S/C30H33N5O8/c1-34(2)12-19(36)33-18-11-14(17-7-5-6-8-32-17)15-9-13-10-16-23(35(3)4)26(39)22(29(31)42)28(41)30(16,43)27(40)20(13)25(38)21(15)24(18)37/h5-8,11,13,16,23,37,39-40,43H,9-10,12H2,1-4H3,(H2,31,42)(H,33,36)/t13-,16-,23+,30-/m0/s1. The molecule has 0 saturated carbocycles. The van der Waals surface area contributed by atoms with Crippen LogP contribution in [0.4, 0.5) is 5.69 Å². The number of rotatable bonds is 6. The summed E-state index contributed by atoms with van der Waals surface area (Å²) in [5.74, 6) is -7.97. The average Bonchev–Trinajstić information content (AvgIpc) is 2.92. The van der Waals surface area contributed by atoms with Crippen LogP contribution in [0, 0.1) is 11.8 Å². The van der Waals surface area contributed by atoms with Crippen LogP contribution < -0.4 is 11.1 Å². The number of pyridine rings is 1. The third-order valence-electron chi connectivity index (χ3n) is 8.40. The van der Waals surface area contributed by atoms with E-state index in [1.54, 1.807) is 57.5 Å². The molecule has 3 aliphatic carbocycles. The van der Waals surface area contributed by atoms with E-state index < -0.39 is 69.7 Å². The van der Waals surface area contributed by atoms with Crippen molar-refractivity contribution >= 4 is 29.1 Å². The van der Waals surface area contributed by atoms with Gasteiger partial charge in [-0.1, -0.05) is 6.07 Å². The number of phenolic OH excluding ortho intramolecular Hbond substituents is 1. The van der Waals surface area contributed by atoms with Crippen molar-refractivity contribution in [2.24, 2.45) is 17.6 Å². The number of nitrogens with zero attached hydrogens (tertiary/aromatic N) is 3. The number of nitrogens with one attached hydrogen (secondary N) is 1. The molecule has 0 spiro atoms. The van der Waals surface area contributed by atoms with E-state index in [1.807, 2.05) is 0 Å². The first-order chi connectivity index (χ1) is 20.2. The molecule has 43 heavy (non-hydrogen) atoms. The Hall–Kier alpha value is -4.59. The highest BCUT2D eigenvalue weighted by atomic mass is 16.3. The molecule has 5 rings (SSSR count). The van der Waals surface area contributed by atoms with Crippen LogP contribution in [0.3, 0.4) is 0 Å². The van der Waals surface area contributed by atoms with Crippen LogP contribution in [0.1, 0.15) is 22.3 Å². The third-order valence-corrected chi connectivity index (χ3v) is 8.40. The Labute approximate surface area is 246 Å². The second-order valence-corrected chi connectivity index (χ2v) is 11.6. The Kier molecular flexibility index (Phi) is 7.37. The molecule has 0 fully saturated rings. The summed E-state index contributed by atoms with van der Waals surface area (Å²) in [5, 5.41) is 48.3. The van der Waals surface area contributed by atoms with Crippen LogP contribution in [0.5, 0.6) is 5.75 Å². The van der Waals surface area contributed by atoms with Crippen LogP contribution in [-0.2, 0) is 20.8 Å². The van der Waals surface area contributed by atoms with Gasteiger partial charge in [-0.2, -0.15) is 0 Å². The molecular formula is C30H33N5O8. The molecule has 2 amide bonds. The summed E-state index contributed by atoms with van der Waals surface area (Å²) < 4.78 is 0. The lowest BCUT2D eigenvalue weighted by molar-refractivity contribution is -0.148. The number of aliphatic hydroxyl groups is 3. The number of aromatic hydroxyl groups is 1. The molecular weight excluding hydrogens is 558 g/mol. The van der Waals surface area contributed by atoms with Gasteiger partial charge in [-0.05, 0) is 70.7 Å². The van der Waals surface area contributed by atoms with Crippen molar-refractivity contribution in [2.45, 2.75) is 24.5 Å². The number of likely N-dealkylation sites (N-methyl/N-ethyl adjacent to an activating group) is 2. The number of anilines is 1. The van der Waals surface area contributed by atoms with Gasteiger partial charge in [0.25, 0.3) is 5.91 Å². The van der Waals surface area contributed by atoms with E-state index >= 15 is 0 Å². The van der Waals surface area contributed by atoms with Crippen LogP contribution in [0.15, 0.2) is 53.1 Å². The summed E-state index contributed by atoms with van der Waals surface area (Å²) in [6.07, 6.45) is 1.59. The highest BCUT2D eigenvalue weighted by molar-refractivity contribution is 6.25. The van der Waals surface area contributed by atoms with Gasteiger partial charge < -0.3 is 36.4 Å². The van der Waals surface area contributed by atoms with E-state index in [1.165, 1.54) is 11.0 Å². The molecule has 0 radical (unpaired) electrons. The number of benzene rings is 1. The van der Waals surface area contributed by atoms with Crippen LogP contribution in [0.2, 0.25) is 0 Å². The van der Waals surface area contributed by atoms with Crippen LogP contribution >= 0.6 is 0 Å². The summed E-state index contributed by atoms with van der Waals surface area (Å²) in [6.45, 7) is -0.0104. The molecule has 2 aromatic rings. The summed E-state index contributed by atoms with van der Waals surface area (Å²) in [7, 11) is 6.52. The number of fused-ring (bicyclic) bond motifs is 3. The van der Waals surface area contributed by atoms with Crippen molar-refractivity contribution in [1.82, 2.24) is 14.8 Å². The molecule has 0 saturated heterocycles. The average molecular weight is 592 g/mol. The molecule has 7 N–H and O–H groups in total. The maximum Gasteiger partial charge on any atom is 0.255 e. The number of primary amides is 1. The van der Waals surface area contributed by atoms with Crippen molar-refractivity contribution in [3.05, 3.63) is 64.3 Å². The maximum absolute atomic E-state index is 14.2. The Balaban J connectivity index is 1.73. The van der Waals surface area contributed by atoms with Crippen LogP contribution in [0.25, 0.3) is 11.3 Å². The lowest BCUT2D eigenvalue weighted by atomic mass is 9.58. The SMILES string of the molecule is CN(C)CC(=O)Nc1cc(-c2ccccn2)c2c(c1O)C(=O)C1=C(O)[C@]3(O)C(=O)C(C(N)=O)=C(O)[C@H](N(C)C)[C@@H]3C[C@@H]1C2. The molecule has 226 valence electrons. The molecule has 0 unspecified atom stereocenters. The van der Waals surface area contributed by atoms with Gasteiger partial charge in [0, 0.05) is 23.3 Å². The van der Waals surface area contributed by atoms with E-state index in [4.69, 9.17) is 5.73 Å². The van der Waals surface area contributed by atoms with Gasteiger partial charge in [0.1, 0.15) is 17.1 Å². The Morgan fingerprint density at radius 1 is 1.14 bits per heavy atom. The first-order valence-corrected chi connectivity index (χ1v) is 13.6. The molecule has 13 heteroatoms. The monoisotopic (exact) mass is 591 g/mol. The number of Topliss-reactive ketones (excluding diaryl/α,β-unsaturated/α-hetero) is 2. The quantitative estimate of drug-likeness (QED) is 0.203. The number of hydrogen-bond donors (Lipinski definition) is 6. The second-order valence-electron chi connectivity index (χ2n) is 11.6. The summed E-state index contributed by atoms with van der Waals surface area (Å²) in [6, 6.07) is 5.61. The lowest BCUT2D eigenvalue weighted by Gasteiger charge is -2.50. The van der Waals surface area contributed by atoms with Gasteiger partial charge in [0.05, 0.1) is 29.5 Å². The van der Waals surface area contributed by atoms with Gasteiger partial charge in [0.15, 0.2) is 17.1 Å². The first-order valence-electron chi connectivity index (χ1n) is 13.6. The van der Waals surface area contributed by atoms with Crippen molar-refractivity contribution in [3.63, 3.8) is 0 Å². The Morgan fingerprint density at radius 3 is 2.42 bits per heavy atom. The molecule has 1 aromatic heterocycles. The fourth-order valence-corrected chi connectivity index (χ4v) is 6.64. The number of aromatic nitrogens is 1. The van der Waals surface area contributed by atoms with Gasteiger partial charge in [-0.25, -0.2) is 0 Å². The Bertz CT molecular complexity index is 1630. The number of aliphatic hydroxyl groups excluding tert-OH is 2. The smallest absolute Gasteiger partial charge is 0.255 e. The molecule has 1 heterocycles. The van der Waals surface area contributed by atoms with Crippen molar-refractivity contribution in [2.75, 3.05) is 40.1 Å². The minimum absolute atomic E-state index is 0.0104. The third kappa shape index (κ3) is 4.56. The zero-order valence-electron chi connectivity index (χ0n) is 24.1. The molecule has 0 aliphatic heterocycles. The molecule has 4 atom stereocenters. The largest absolute Gasteiger partial charge is 0.510 e. The first kappa shape index (κ1) is 29.9. The number of allylic oxidation sites excluding steroid dienone is 1. The number of nitrogens with two attached hydrogens (primary N) is 1. The minimum Gasteiger partial charge on any atom is -0.510 e. The fraction of sp³-hybridized carbons (Fsp3) is 0.367. The predicted molar refractivity (Wildman–Crippen MR) is 154 cm³/mol. The minimum atomic E-state index is -2.75. The number of carbonyl (C=O) groups is 4. The van der Waals surface area contributed by atoms with E-state index in [2.05, 4.69) is 10.3 Å². The molecule has 0 bridgehead atoms. The number of hydrogen-bond acceptors (Lipinski definition) is 11. The van der Waals surface area contributed by atoms with Gasteiger partial charge in [-0.3, -0.25) is 29.1 Å². The summed E-state index contributed by atoms with van der Waals surface area (Å²) in [5.41, 5.74) is 2.52. The van der Waals surface area contributed by atoms with Crippen LogP contribution in [-0.4, -0.2) is 105 Å². The maximum atomic E-state index is 14.2. The fourth-order valence-electron chi connectivity index (χ4n) is 6.64. The van der Waals surface area contributed by atoms with E-state index in [0.29, 0.717) is 16.8 Å². The highest BCUT2D eigenvalue weighted by Gasteiger charge is 2.63. The molecule has 13 nitrogen and oxygen atoms in total. The van der Waals surface area contributed by atoms with E-state index in [-0.39, 0.29) is 36.2 Å². The number of amides is 2. The molecule has 1 aromatic carbocycles. The van der Waals surface area contributed by atoms with Gasteiger partial charge in [0.2, 0.25) is 11.7 Å². The summed E-state index contributed by atoms with van der Waals surface area (Å²) >= 11 is 0. The highest BCUT2D eigenvalue weighted by Crippen LogP contribution is 2.53. The normalized spacial score (nSPS) is 25.0. The topological polar surface area (TPSA) is 207 Å². The zero-order valence-corrected chi connectivity index (χ0v) is 24.1. The van der Waals surface area contributed by atoms with Crippen molar-refractivity contribution in [1.29, 1.82) is 0 Å². The number of phenols is 1. The van der Waals surface area contributed by atoms with E-state index in [0.717, 1.165) is 0 Å². The number of carbonyl (C=O) groups excluding carboxylic acids is 4. The van der Waals surface area contributed by atoms with Gasteiger partial charge in [-0.15, -0.1) is 0 Å². The van der Waals surface area contributed by atoms with Crippen molar-refractivity contribution in [3.8, 4) is 17.0 Å². The second kappa shape index (κ2) is 10.6. The zero-order chi connectivity index (χ0) is 31.5. The van der Waals surface area contributed by atoms with E-state index in [9.17, 15) is 39.6 Å². The number of ketones is 2. The Morgan fingerprint density at radius 2 is 1.84 bits per heavy atom. The van der Waals surface area contributed by atoms with Gasteiger partial charge >= 0.3 is 0 Å². The summed E-state index contributed by atoms with van der Waals surface area (Å²) in [4.78, 5) is 60.1.